The highest BCUT2D eigenvalue weighted by atomic mass is 28.3. The molecule has 2 unspecified atom stereocenters. The van der Waals surface area contributed by atoms with Crippen molar-refractivity contribution >= 4 is 14.0 Å². The topological polar surface area (TPSA) is 35.5 Å². The van der Waals surface area contributed by atoms with Gasteiger partial charge in [-0.3, -0.25) is 0 Å². The summed E-state index contributed by atoms with van der Waals surface area (Å²) >= 11 is 0. The zero-order chi connectivity index (χ0) is 20.2. The van der Waals surface area contributed by atoms with Gasteiger partial charge in [-0.2, -0.15) is 0 Å². The van der Waals surface area contributed by atoms with Gasteiger partial charge in [0.2, 0.25) is 5.76 Å². The fourth-order valence-electron chi connectivity index (χ4n) is 5.18. The Morgan fingerprint density at radius 2 is 1.63 bits per heavy atom. The first kappa shape index (κ1) is 21.7. The number of benzene rings is 1. The average Bonchev–Trinajstić information content (AvgIpc) is 2.65. The molecule has 1 aliphatic rings. The maximum absolute atomic E-state index is 12.3. The van der Waals surface area contributed by atoms with Gasteiger partial charge in [0.15, 0.2) is 0 Å². The molecule has 0 spiro atoms. The maximum atomic E-state index is 12.3. The van der Waals surface area contributed by atoms with Gasteiger partial charge in [0.25, 0.3) is 0 Å². The molecule has 2 rings (SSSR count). The highest BCUT2D eigenvalue weighted by molar-refractivity contribution is 6.83. The molecule has 150 valence electrons. The van der Waals surface area contributed by atoms with E-state index in [0.29, 0.717) is 22.4 Å². The van der Waals surface area contributed by atoms with Crippen molar-refractivity contribution in [2.45, 2.75) is 82.7 Å². The van der Waals surface area contributed by atoms with Gasteiger partial charge in [0.05, 0.1) is 21.3 Å². The van der Waals surface area contributed by atoms with Gasteiger partial charge in [-0.1, -0.05) is 88.5 Å². The summed E-state index contributed by atoms with van der Waals surface area (Å²) in [6.07, 6.45) is 2.93. The third-order valence-corrected chi connectivity index (χ3v) is 14.2. The molecule has 1 aliphatic heterocycles. The van der Waals surface area contributed by atoms with Crippen LogP contribution < -0.4 is 0 Å². The van der Waals surface area contributed by atoms with Gasteiger partial charge in [0.1, 0.15) is 0 Å². The zero-order valence-electron chi connectivity index (χ0n) is 18.0. The van der Waals surface area contributed by atoms with Gasteiger partial charge in [0, 0.05) is 5.92 Å². The molecule has 0 N–H and O–H groups in total. The van der Waals surface area contributed by atoms with Crippen LogP contribution in [0.3, 0.4) is 0 Å². The fraction of sp³-hybridized carbons (Fsp3) is 0.609. The summed E-state index contributed by atoms with van der Waals surface area (Å²) in [6.45, 7) is 14.3. The molecule has 4 heteroatoms. The standard InChI is InChI=1S/C23H36O3Si/c1-16(2)27(17(3)4,18(5)6)15-21-13-20(19-11-9-8-10-12-19)14-22(26-21)23(24)25-7/h8-12,14,16-18,20-21H,13,15H2,1-7H3. The van der Waals surface area contributed by atoms with Crippen LogP contribution in [0.2, 0.25) is 22.7 Å². The smallest absolute Gasteiger partial charge is 0.373 e. The molecule has 0 aliphatic carbocycles. The third-order valence-electron chi connectivity index (χ3n) is 6.58. The van der Waals surface area contributed by atoms with Crippen LogP contribution in [0, 0.1) is 0 Å². The molecule has 0 saturated heterocycles. The van der Waals surface area contributed by atoms with Crippen molar-refractivity contribution in [3.8, 4) is 0 Å². The molecule has 0 aromatic heterocycles. The zero-order valence-corrected chi connectivity index (χ0v) is 19.0. The summed E-state index contributed by atoms with van der Waals surface area (Å²) in [5.41, 5.74) is 3.24. The van der Waals surface area contributed by atoms with Gasteiger partial charge in [-0.15, -0.1) is 0 Å². The Balaban J connectivity index is 2.36. The molecule has 0 radical (unpaired) electrons. The van der Waals surface area contributed by atoms with Crippen LogP contribution in [0.15, 0.2) is 42.2 Å². The Morgan fingerprint density at radius 3 is 2.11 bits per heavy atom. The van der Waals surface area contributed by atoms with Crippen molar-refractivity contribution in [3.05, 3.63) is 47.7 Å². The van der Waals surface area contributed by atoms with Crippen molar-refractivity contribution < 1.29 is 14.3 Å². The summed E-state index contributed by atoms with van der Waals surface area (Å²) in [4.78, 5) is 12.3. The molecule has 3 nitrogen and oxygen atoms in total. The summed E-state index contributed by atoms with van der Waals surface area (Å²) in [5, 5.41) is 0. The van der Waals surface area contributed by atoms with E-state index in [2.05, 4.69) is 65.8 Å². The lowest BCUT2D eigenvalue weighted by Crippen LogP contribution is -2.48. The molecular weight excluding hydrogens is 352 g/mol. The van der Waals surface area contributed by atoms with Crippen molar-refractivity contribution in [2.75, 3.05) is 7.11 Å². The summed E-state index contributed by atoms with van der Waals surface area (Å²) in [7, 11) is -0.205. The SMILES string of the molecule is COC(=O)C1=CC(c2ccccc2)CC(C[Si](C(C)C)(C(C)C)C(C)C)O1. The minimum absolute atomic E-state index is 0.0631. The molecular formula is C23H36O3Si. The van der Waals surface area contributed by atoms with E-state index < -0.39 is 8.07 Å². The molecule has 0 saturated carbocycles. The van der Waals surface area contributed by atoms with Crippen LogP contribution in [-0.4, -0.2) is 27.3 Å². The predicted octanol–water partition coefficient (Wildman–Crippen LogP) is 6.29. The third kappa shape index (κ3) is 4.65. The van der Waals surface area contributed by atoms with Crippen LogP contribution >= 0.6 is 0 Å². The number of methoxy groups -OCH3 is 1. The second-order valence-corrected chi connectivity index (χ2v) is 14.9. The largest absolute Gasteiger partial charge is 0.484 e. The maximum Gasteiger partial charge on any atom is 0.373 e. The highest BCUT2D eigenvalue weighted by Crippen LogP contribution is 2.47. The lowest BCUT2D eigenvalue weighted by molar-refractivity contribution is -0.141. The first-order valence-electron chi connectivity index (χ1n) is 10.2. The van der Waals surface area contributed by atoms with Gasteiger partial charge < -0.3 is 9.47 Å². The summed E-state index contributed by atoms with van der Waals surface area (Å²) < 4.78 is 11.2. The average molecular weight is 389 g/mol. The minimum Gasteiger partial charge on any atom is -0.484 e. The molecule has 1 aromatic carbocycles. The van der Waals surface area contributed by atoms with Crippen molar-refractivity contribution in [1.29, 1.82) is 0 Å². The van der Waals surface area contributed by atoms with Gasteiger partial charge in [-0.25, -0.2) is 4.79 Å². The monoisotopic (exact) mass is 388 g/mol. The molecule has 27 heavy (non-hydrogen) atoms. The van der Waals surface area contributed by atoms with E-state index in [1.165, 1.54) is 12.7 Å². The number of hydrogen-bond acceptors (Lipinski definition) is 3. The first-order valence-corrected chi connectivity index (χ1v) is 12.7. The number of carbonyl (C=O) groups excluding carboxylic acids is 1. The normalized spacial score (nSPS) is 20.6. The van der Waals surface area contributed by atoms with Gasteiger partial charge in [-0.05, 0) is 24.1 Å². The molecule has 1 aromatic rings. The van der Waals surface area contributed by atoms with E-state index in [-0.39, 0.29) is 18.0 Å². The molecule has 0 bridgehead atoms. The van der Waals surface area contributed by atoms with Gasteiger partial charge >= 0.3 is 5.97 Å². The number of esters is 1. The van der Waals surface area contributed by atoms with Crippen molar-refractivity contribution in [2.24, 2.45) is 0 Å². The number of carbonyl (C=O) groups is 1. The van der Waals surface area contributed by atoms with Crippen LogP contribution in [0.5, 0.6) is 0 Å². The lowest BCUT2D eigenvalue weighted by Gasteiger charge is -2.46. The van der Waals surface area contributed by atoms with E-state index in [4.69, 9.17) is 9.47 Å². The Kier molecular flexibility index (Phi) is 7.32. The number of rotatable bonds is 7. The second-order valence-electron chi connectivity index (χ2n) is 8.80. The van der Waals surface area contributed by atoms with E-state index in [9.17, 15) is 4.79 Å². The van der Waals surface area contributed by atoms with Crippen LogP contribution in [0.4, 0.5) is 0 Å². The summed E-state index contributed by atoms with van der Waals surface area (Å²) in [5.74, 6) is 0.200. The second kappa shape index (κ2) is 9.09. The Bertz CT molecular complexity index is 627. The van der Waals surface area contributed by atoms with Crippen LogP contribution in [0.25, 0.3) is 0 Å². The molecule has 0 amide bonds. The minimum atomic E-state index is -1.62. The van der Waals surface area contributed by atoms with E-state index >= 15 is 0 Å². The van der Waals surface area contributed by atoms with E-state index in [1.54, 1.807) is 0 Å². The molecule has 1 heterocycles. The Labute approximate surface area is 166 Å². The Morgan fingerprint density at radius 1 is 1.07 bits per heavy atom. The van der Waals surface area contributed by atoms with Crippen LogP contribution in [-0.2, 0) is 14.3 Å². The number of hydrogen-bond donors (Lipinski definition) is 0. The first-order chi connectivity index (χ1) is 12.7. The van der Waals surface area contributed by atoms with Crippen molar-refractivity contribution in [1.82, 2.24) is 0 Å². The van der Waals surface area contributed by atoms with Crippen LogP contribution in [0.1, 0.15) is 59.4 Å². The number of allylic oxidation sites excluding steroid dienone is 1. The quantitative estimate of drug-likeness (QED) is 0.406. The highest BCUT2D eigenvalue weighted by Gasteiger charge is 2.45. The predicted molar refractivity (Wildman–Crippen MR) is 115 cm³/mol. The molecule has 0 fully saturated rings. The van der Waals surface area contributed by atoms with Crippen molar-refractivity contribution in [3.63, 3.8) is 0 Å². The number of ether oxygens (including phenoxy) is 2. The summed E-state index contributed by atoms with van der Waals surface area (Å²) in [6, 6.07) is 11.5. The molecule has 2 atom stereocenters. The van der Waals surface area contributed by atoms with E-state index in [1.807, 2.05) is 12.1 Å². The Hall–Kier alpha value is -1.55. The fourth-order valence-corrected chi connectivity index (χ4v) is 11.6. The van der Waals surface area contributed by atoms with E-state index in [0.717, 1.165) is 12.5 Å². The lowest BCUT2D eigenvalue weighted by atomic mass is 9.91.